The van der Waals surface area contributed by atoms with E-state index in [0.29, 0.717) is 34.3 Å². The Bertz CT molecular complexity index is 1100. The molecule has 0 aliphatic rings. The Morgan fingerprint density at radius 3 is 2.18 bits per heavy atom. The van der Waals surface area contributed by atoms with E-state index in [2.05, 4.69) is 5.32 Å². The van der Waals surface area contributed by atoms with E-state index in [1.807, 2.05) is 0 Å². The second-order valence-electron chi connectivity index (χ2n) is 7.72. The number of likely N-dealkylation sites (N-methyl/N-ethyl adjacent to an activating group) is 1. The number of carbonyl (C=O) groups is 2. The molecule has 186 valence electrons. The first-order valence-corrected chi connectivity index (χ1v) is 12.9. The summed E-state index contributed by atoms with van der Waals surface area (Å²) in [4.78, 5) is 27.8. The quantitative estimate of drug-likeness (QED) is 0.482. The van der Waals surface area contributed by atoms with E-state index in [9.17, 15) is 18.0 Å². The lowest BCUT2D eigenvalue weighted by Gasteiger charge is -2.33. The molecule has 0 fully saturated rings. The van der Waals surface area contributed by atoms with Crippen molar-refractivity contribution in [2.75, 3.05) is 31.5 Å². The Morgan fingerprint density at radius 1 is 1.00 bits per heavy atom. The molecule has 0 bridgehead atoms. The van der Waals surface area contributed by atoms with Gasteiger partial charge in [0.25, 0.3) is 0 Å². The van der Waals surface area contributed by atoms with Gasteiger partial charge in [0.05, 0.1) is 15.7 Å². The molecule has 0 radical (unpaired) electrons. The SMILES string of the molecule is CCNC(=O)C(CC)N(Cc1ccc(Cl)c(Cl)c1)C(=O)CN(c1ccccc1)S(=O)(=O)N(C)C. The van der Waals surface area contributed by atoms with E-state index >= 15 is 0 Å². The number of nitrogens with one attached hydrogen (secondary N) is 1. The summed E-state index contributed by atoms with van der Waals surface area (Å²) >= 11 is 12.2. The average molecular weight is 529 g/mol. The second kappa shape index (κ2) is 12.4. The molecule has 1 N–H and O–H groups in total. The number of halogens is 2. The van der Waals surface area contributed by atoms with Gasteiger partial charge in [-0.05, 0) is 43.2 Å². The number of hydrogen-bond donors (Lipinski definition) is 1. The number of carbonyl (C=O) groups excluding carboxylic acids is 2. The van der Waals surface area contributed by atoms with Crippen molar-refractivity contribution in [2.45, 2.75) is 32.9 Å². The van der Waals surface area contributed by atoms with E-state index in [1.165, 1.54) is 19.0 Å². The molecule has 0 saturated heterocycles. The lowest BCUT2D eigenvalue weighted by Crippen LogP contribution is -2.53. The fourth-order valence-electron chi connectivity index (χ4n) is 3.36. The molecule has 11 heteroatoms. The monoisotopic (exact) mass is 528 g/mol. The van der Waals surface area contributed by atoms with Gasteiger partial charge in [-0.3, -0.25) is 9.59 Å². The Kier molecular flexibility index (Phi) is 10.2. The molecule has 0 heterocycles. The molecule has 0 aromatic heterocycles. The summed E-state index contributed by atoms with van der Waals surface area (Å²) in [6.45, 7) is 3.55. The fraction of sp³-hybridized carbons (Fsp3) is 0.391. The van der Waals surface area contributed by atoms with Gasteiger partial charge in [-0.15, -0.1) is 0 Å². The van der Waals surface area contributed by atoms with E-state index in [1.54, 1.807) is 62.4 Å². The molecule has 0 saturated carbocycles. The Labute approximate surface area is 211 Å². The maximum Gasteiger partial charge on any atom is 0.304 e. The molecule has 8 nitrogen and oxygen atoms in total. The van der Waals surface area contributed by atoms with Crippen LogP contribution in [0.3, 0.4) is 0 Å². The highest BCUT2D eigenvalue weighted by molar-refractivity contribution is 7.90. The van der Waals surface area contributed by atoms with Crippen LogP contribution in [-0.2, 0) is 26.3 Å². The van der Waals surface area contributed by atoms with Crippen molar-refractivity contribution in [1.82, 2.24) is 14.5 Å². The lowest BCUT2D eigenvalue weighted by atomic mass is 10.1. The number of nitrogens with zero attached hydrogens (tertiary/aromatic N) is 3. The molecule has 0 aliphatic heterocycles. The zero-order valence-electron chi connectivity index (χ0n) is 19.7. The Morgan fingerprint density at radius 2 is 1.65 bits per heavy atom. The largest absolute Gasteiger partial charge is 0.355 e. The van der Waals surface area contributed by atoms with Crippen molar-refractivity contribution in [3.63, 3.8) is 0 Å². The number of benzene rings is 2. The first-order chi connectivity index (χ1) is 16.0. The van der Waals surface area contributed by atoms with Gasteiger partial charge in [-0.2, -0.15) is 12.7 Å². The van der Waals surface area contributed by atoms with E-state index in [0.717, 1.165) is 8.61 Å². The zero-order chi connectivity index (χ0) is 25.5. The molecule has 2 rings (SSSR count). The number of amides is 2. The summed E-state index contributed by atoms with van der Waals surface area (Å²) in [5.74, 6) is -0.849. The van der Waals surface area contributed by atoms with Crippen LogP contribution in [0.1, 0.15) is 25.8 Å². The summed E-state index contributed by atoms with van der Waals surface area (Å²) in [5, 5.41) is 3.44. The van der Waals surface area contributed by atoms with Gasteiger partial charge >= 0.3 is 10.2 Å². The van der Waals surface area contributed by atoms with E-state index in [4.69, 9.17) is 23.2 Å². The summed E-state index contributed by atoms with van der Waals surface area (Å²) in [6.07, 6.45) is 0.338. The van der Waals surface area contributed by atoms with Crippen LogP contribution in [0.5, 0.6) is 0 Å². The number of hydrogen-bond acceptors (Lipinski definition) is 4. The second-order valence-corrected chi connectivity index (χ2v) is 10.6. The number of para-hydroxylation sites is 1. The van der Waals surface area contributed by atoms with Crippen LogP contribution in [0.15, 0.2) is 48.5 Å². The smallest absolute Gasteiger partial charge is 0.304 e. The molecule has 2 amide bonds. The van der Waals surface area contributed by atoms with Crippen molar-refractivity contribution in [1.29, 1.82) is 0 Å². The van der Waals surface area contributed by atoms with Crippen LogP contribution in [0.4, 0.5) is 5.69 Å². The van der Waals surface area contributed by atoms with Crippen molar-refractivity contribution in [3.8, 4) is 0 Å². The summed E-state index contributed by atoms with van der Waals surface area (Å²) < 4.78 is 28.2. The van der Waals surface area contributed by atoms with Crippen molar-refractivity contribution < 1.29 is 18.0 Å². The van der Waals surface area contributed by atoms with Crippen molar-refractivity contribution in [2.24, 2.45) is 0 Å². The summed E-state index contributed by atoms with van der Waals surface area (Å²) in [7, 11) is -1.20. The van der Waals surface area contributed by atoms with Gasteiger partial charge in [0.1, 0.15) is 12.6 Å². The molecular weight excluding hydrogens is 499 g/mol. The topological polar surface area (TPSA) is 90.0 Å². The van der Waals surface area contributed by atoms with Crippen molar-refractivity contribution >= 4 is 50.9 Å². The third-order valence-electron chi connectivity index (χ3n) is 5.14. The molecule has 1 unspecified atom stereocenters. The van der Waals surface area contributed by atoms with Gasteiger partial charge in [0.2, 0.25) is 11.8 Å². The Balaban J connectivity index is 2.49. The fourth-order valence-corrected chi connectivity index (χ4v) is 4.73. The number of anilines is 1. The van der Waals surface area contributed by atoms with Crippen LogP contribution in [0.2, 0.25) is 10.0 Å². The maximum atomic E-state index is 13.6. The zero-order valence-corrected chi connectivity index (χ0v) is 22.0. The summed E-state index contributed by atoms with van der Waals surface area (Å²) in [6, 6.07) is 12.5. The highest BCUT2D eigenvalue weighted by Gasteiger charge is 2.33. The third kappa shape index (κ3) is 6.85. The maximum absolute atomic E-state index is 13.6. The van der Waals surface area contributed by atoms with E-state index < -0.39 is 28.7 Å². The van der Waals surface area contributed by atoms with Crippen LogP contribution >= 0.6 is 23.2 Å². The van der Waals surface area contributed by atoms with Gasteiger partial charge in [0, 0.05) is 27.2 Å². The highest BCUT2D eigenvalue weighted by atomic mass is 35.5. The molecule has 0 spiro atoms. The van der Waals surface area contributed by atoms with Crippen LogP contribution in [0.25, 0.3) is 0 Å². The molecule has 2 aromatic rings. The lowest BCUT2D eigenvalue weighted by molar-refractivity contribution is -0.140. The van der Waals surface area contributed by atoms with Gasteiger partial charge in [-0.1, -0.05) is 54.4 Å². The Hall–Kier alpha value is -2.33. The van der Waals surface area contributed by atoms with Crippen LogP contribution in [0, 0.1) is 0 Å². The van der Waals surface area contributed by atoms with Crippen LogP contribution < -0.4 is 9.62 Å². The molecule has 2 aromatic carbocycles. The van der Waals surface area contributed by atoms with Gasteiger partial charge < -0.3 is 10.2 Å². The molecule has 34 heavy (non-hydrogen) atoms. The first kappa shape index (κ1) is 27.9. The minimum atomic E-state index is -3.99. The minimum Gasteiger partial charge on any atom is -0.355 e. The highest BCUT2D eigenvalue weighted by Crippen LogP contribution is 2.25. The molecule has 0 aliphatic carbocycles. The predicted molar refractivity (Wildman–Crippen MR) is 136 cm³/mol. The minimum absolute atomic E-state index is 0.0516. The first-order valence-electron chi connectivity index (χ1n) is 10.8. The standard InChI is InChI=1S/C23H30Cl2N4O4S/c1-5-21(23(31)26-6-2)28(15-17-12-13-19(24)20(25)14-17)22(30)16-29(34(32,33)27(3)4)18-10-8-7-9-11-18/h7-14,21H,5-6,15-16H2,1-4H3,(H,26,31). The molecular formula is C23H30Cl2N4O4S. The summed E-state index contributed by atoms with van der Waals surface area (Å²) in [5.41, 5.74) is 0.998. The van der Waals surface area contributed by atoms with Crippen molar-refractivity contribution in [3.05, 3.63) is 64.1 Å². The number of rotatable bonds is 11. The van der Waals surface area contributed by atoms with Gasteiger partial charge in [-0.25, -0.2) is 4.31 Å². The molecule has 1 atom stereocenters. The van der Waals surface area contributed by atoms with Gasteiger partial charge in [0.15, 0.2) is 0 Å². The third-order valence-corrected chi connectivity index (χ3v) is 7.70. The van der Waals surface area contributed by atoms with E-state index in [-0.39, 0.29) is 12.5 Å². The predicted octanol–water partition coefficient (Wildman–Crippen LogP) is 3.55. The average Bonchev–Trinajstić information content (AvgIpc) is 2.80. The van der Waals surface area contributed by atoms with Crippen LogP contribution in [-0.4, -0.2) is 62.7 Å². The normalized spacial score (nSPS) is 12.3.